The van der Waals surface area contributed by atoms with Crippen LogP contribution in [-0.2, 0) is 16.1 Å². The lowest BCUT2D eigenvalue weighted by atomic mass is 10.1. The number of hydrogen-bond acceptors (Lipinski definition) is 4. The van der Waals surface area contributed by atoms with Crippen molar-refractivity contribution in [1.29, 1.82) is 0 Å². The topological polar surface area (TPSA) is 67.9 Å². The van der Waals surface area contributed by atoms with Crippen LogP contribution in [0.3, 0.4) is 0 Å². The number of carbonyl (C=O) groups is 2. The van der Waals surface area contributed by atoms with E-state index in [1.165, 1.54) is 0 Å². The largest absolute Gasteiger partial charge is 0.483 e. The van der Waals surface area contributed by atoms with Crippen LogP contribution in [-0.4, -0.2) is 25.0 Å². The van der Waals surface area contributed by atoms with Gasteiger partial charge >= 0.3 is 0 Å². The number of ether oxygens (including phenoxy) is 2. The van der Waals surface area contributed by atoms with E-state index in [-0.39, 0.29) is 25.0 Å². The van der Waals surface area contributed by atoms with E-state index in [2.05, 4.69) is 5.32 Å². The lowest BCUT2D eigenvalue weighted by Gasteiger charge is -2.30. The van der Waals surface area contributed by atoms with Crippen LogP contribution in [0.25, 0.3) is 0 Å². The first-order valence-electron chi connectivity index (χ1n) is 10.1. The molecule has 0 bridgehead atoms. The van der Waals surface area contributed by atoms with Gasteiger partial charge in [-0.3, -0.25) is 9.59 Å². The second-order valence-corrected chi connectivity index (χ2v) is 7.49. The number of benzene rings is 3. The molecule has 158 valence electrons. The smallest absolute Gasteiger partial charge is 0.265 e. The summed E-state index contributed by atoms with van der Waals surface area (Å²) >= 11 is 0. The van der Waals surface area contributed by atoms with Gasteiger partial charge in [-0.1, -0.05) is 48.5 Å². The Morgan fingerprint density at radius 2 is 1.77 bits per heavy atom. The van der Waals surface area contributed by atoms with E-state index in [0.29, 0.717) is 23.7 Å². The fraction of sp³-hybridized carbons (Fsp3) is 0.200. The quantitative estimate of drug-likeness (QED) is 0.652. The lowest BCUT2D eigenvalue weighted by Crippen LogP contribution is -2.38. The summed E-state index contributed by atoms with van der Waals surface area (Å²) < 4.78 is 11.3. The van der Waals surface area contributed by atoms with Crippen LogP contribution >= 0.6 is 0 Å². The monoisotopic (exact) mass is 416 g/mol. The van der Waals surface area contributed by atoms with E-state index in [9.17, 15) is 9.59 Å². The molecule has 6 heteroatoms. The summed E-state index contributed by atoms with van der Waals surface area (Å²) in [6.45, 7) is 4.22. The molecule has 0 aromatic heterocycles. The number of anilines is 2. The van der Waals surface area contributed by atoms with Crippen molar-refractivity contribution in [2.45, 2.75) is 20.4 Å². The third-order valence-electron chi connectivity index (χ3n) is 5.13. The molecule has 0 radical (unpaired) electrons. The van der Waals surface area contributed by atoms with Gasteiger partial charge in [0.2, 0.25) is 0 Å². The molecule has 0 aliphatic carbocycles. The molecule has 3 aromatic rings. The van der Waals surface area contributed by atoms with Crippen molar-refractivity contribution in [1.82, 2.24) is 0 Å². The first-order chi connectivity index (χ1) is 15.0. The molecule has 2 amide bonds. The first kappa shape index (κ1) is 20.5. The number of nitrogens with one attached hydrogen (secondary N) is 1. The maximum Gasteiger partial charge on any atom is 0.265 e. The highest BCUT2D eigenvalue weighted by atomic mass is 16.5. The summed E-state index contributed by atoms with van der Waals surface area (Å²) in [5.41, 5.74) is 4.18. The molecule has 1 heterocycles. The van der Waals surface area contributed by atoms with E-state index in [0.717, 1.165) is 22.4 Å². The Labute approximate surface area is 181 Å². The molecule has 0 saturated carbocycles. The van der Waals surface area contributed by atoms with Gasteiger partial charge in [-0.25, -0.2) is 0 Å². The maximum atomic E-state index is 12.5. The summed E-state index contributed by atoms with van der Waals surface area (Å²) in [4.78, 5) is 26.7. The minimum atomic E-state index is -0.278. The molecular weight excluding hydrogens is 392 g/mol. The average molecular weight is 416 g/mol. The van der Waals surface area contributed by atoms with Crippen molar-refractivity contribution < 1.29 is 19.1 Å². The third kappa shape index (κ3) is 4.69. The van der Waals surface area contributed by atoms with Crippen molar-refractivity contribution in [3.8, 4) is 11.5 Å². The van der Waals surface area contributed by atoms with Crippen LogP contribution in [0.5, 0.6) is 11.5 Å². The Bertz CT molecular complexity index is 1090. The van der Waals surface area contributed by atoms with E-state index >= 15 is 0 Å². The molecule has 1 aliphatic heterocycles. The highest BCUT2D eigenvalue weighted by Gasteiger charge is 2.26. The van der Waals surface area contributed by atoms with Crippen molar-refractivity contribution in [2.75, 3.05) is 23.4 Å². The Morgan fingerprint density at radius 3 is 2.52 bits per heavy atom. The van der Waals surface area contributed by atoms with Crippen molar-refractivity contribution in [3.05, 3.63) is 83.4 Å². The zero-order chi connectivity index (χ0) is 21.8. The SMILES string of the molecule is Cc1cccc(C)c1OCC(=O)Nc1ccc2c(c1)N(Cc1ccccc1)C(=O)CO2. The summed E-state index contributed by atoms with van der Waals surface area (Å²) in [5, 5.41) is 2.84. The first-order valence-corrected chi connectivity index (χ1v) is 10.1. The van der Waals surface area contributed by atoms with Gasteiger partial charge in [-0.15, -0.1) is 0 Å². The van der Waals surface area contributed by atoms with Gasteiger partial charge in [0.25, 0.3) is 11.8 Å². The number of para-hydroxylation sites is 1. The van der Waals surface area contributed by atoms with Gasteiger partial charge in [0.1, 0.15) is 11.5 Å². The van der Waals surface area contributed by atoms with Crippen LogP contribution in [0, 0.1) is 13.8 Å². The van der Waals surface area contributed by atoms with Gasteiger partial charge in [0, 0.05) is 5.69 Å². The minimum absolute atomic E-state index is 0.00480. The lowest BCUT2D eigenvalue weighted by molar-refractivity contribution is -0.121. The van der Waals surface area contributed by atoms with E-state index in [1.54, 1.807) is 23.1 Å². The molecule has 0 unspecified atom stereocenters. The molecule has 1 aliphatic rings. The van der Waals surface area contributed by atoms with Gasteiger partial charge in [0.15, 0.2) is 13.2 Å². The Hall–Kier alpha value is -3.80. The van der Waals surface area contributed by atoms with Gasteiger partial charge < -0.3 is 19.7 Å². The molecular formula is C25H24N2O4. The maximum absolute atomic E-state index is 12.5. The zero-order valence-electron chi connectivity index (χ0n) is 17.6. The van der Waals surface area contributed by atoms with Gasteiger partial charge in [-0.05, 0) is 48.7 Å². The molecule has 0 saturated heterocycles. The normalized spacial score (nSPS) is 12.7. The number of fused-ring (bicyclic) bond motifs is 1. The minimum Gasteiger partial charge on any atom is -0.483 e. The fourth-order valence-electron chi connectivity index (χ4n) is 3.58. The highest BCUT2D eigenvalue weighted by Crippen LogP contribution is 2.35. The predicted molar refractivity (Wildman–Crippen MR) is 120 cm³/mol. The summed E-state index contributed by atoms with van der Waals surface area (Å²) in [6.07, 6.45) is 0. The standard InChI is InChI=1S/C25H24N2O4/c1-17-7-6-8-18(2)25(17)31-15-23(28)26-20-11-12-22-21(13-20)27(24(29)16-30-22)14-19-9-4-3-5-10-19/h3-13H,14-16H2,1-2H3,(H,26,28). The number of rotatable bonds is 6. The summed E-state index contributed by atoms with van der Waals surface area (Å²) in [6, 6.07) is 20.9. The molecule has 0 fully saturated rings. The fourth-order valence-corrected chi connectivity index (χ4v) is 3.58. The number of aryl methyl sites for hydroxylation is 2. The summed E-state index contributed by atoms with van der Waals surface area (Å²) in [5.74, 6) is 0.926. The summed E-state index contributed by atoms with van der Waals surface area (Å²) in [7, 11) is 0. The average Bonchev–Trinajstić information content (AvgIpc) is 2.76. The Balaban J connectivity index is 1.48. The second-order valence-electron chi connectivity index (χ2n) is 7.49. The molecule has 6 nitrogen and oxygen atoms in total. The van der Waals surface area contributed by atoms with E-state index < -0.39 is 0 Å². The third-order valence-corrected chi connectivity index (χ3v) is 5.13. The van der Waals surface area contributed by atoms with E-state index in [1.807, 2.05) is 62.4 Å². The van der Waals surface area contributed by atoms with E-state index in [4.69, 9.17) is 9.47 Å². The number of nitrogens with zero attached hydrogens (tertiary/aromatic N) is 1. The number of amides is 2. The highest BCUT2D eigenvalue weighted by molar-refractivity contribution is 5.99. The molecule has 3 aromatic carbocycles. The van der Waals surface area contributed by atoms with Crippen LogP contribution in [0.4, 0.5) is 11.4 Å². The van der Waals surface area contributed by atoms with Gasteiger partial charge in [-0.2, -0.15) is 0 Å². The van der Waals surface area contributed by atoms with Crippen molar-refractivity contribution in [3.63, 3.8) is 0 Å². The van der Waals surface area contributed by atoms with Crippen LogP contribution in [0.15, 0.2) is 66.7 Å². The predicted octanol–water partition coefficient (Wildman–Crippen LogP) is 4.25. The van der Waals surface area contributed by atoms with Crippen molar-refractivity contribution in [2.24, 2.45) is 0 Å². The Kier molecular flexibility index (Phi) is 5.89. The van der Waals surface area contributed by atoms with Gasteiger partial charge in [0.05, 0.1) is 12.2 Å². The molecule has 1 N–H and O–H groups in total. The number of hydrogen-bond donors (Lipinski definition) is 1. The second kappa shape index (κ2) is 8.92. The molecule has 0 spiro atoms. The zero-order valence-corrected chi connectivity index (χ0v) is 17.6. The van der Waals surface area contributed by atoms with Crippen LogP contribution in [0.1, 0.15) is 16.7 Å². The molecule has 0 atom stereocenters. The Morgan fingerprint density at radius 1 is 1.03 bits per heavy atom. The van der Waals surface area contributed by atoms with Crippen LogP contribution in [0.2, 0.25) is 0 Å². The molecule has 4 rings (SSSR count). The van der Waals surface area contributed by atoms with Crippen LogP contribution < -0.4 is 19.7 Å². The molecule has 31 heavy (non-hydrogen) atoms. The number of carbonyl (C=O) groups excluding carboxylic acids is 2. The van der Waals surface area contributed by atoms with Crippen molar-refractivity contribution >= 4 is 23.2 Å².